The van der Waals surface area contributed by atoms with Crippen LogP contribution >= 0.6 is 0 Å². The molecule has 96 valence electrons. The molecule has 1 unspecified atom stereocenters. The molecular weight excluding hydrogens is 208 g/mol. The Morgan fingerprint density at radius 3 is 2.53 bits per heavy atom. The van der Waals surface area contributed by atoms with Gasteiger partial charge in [0, 0.05) is 24.8 Å². The van der Waals surface area contributed by atoms with Crippen molar-refractivity contribution in [2.45, 2.75) is 46.7 Å². The van der Waals surface area contributed by atoms with Gasteiger partial charge in [0.2, 0.25) is 0 Å². The Balaban J connectivity index is 3.08. The number of nitrogens with one attached hydrogen (secondary N) is 1. The van der Waals surface area contributed by atoms with Crippen LogP contribution in [0.5, 0.6) is 0 Å². The predicted octanol–water partition coefficient (Wildman–Crippen LogP) is 3.34. The lowest BCUT2D eigenvalue weighted by molar-refractivity contribution is 0.625. The van der Waals surface area contributed by atoms with Crippen LogP contribution in [0, 0.1) is 6.92 Å². The van der Waals surface area contributed by atoms with Gasteiger partial charge in [-0.2, -0.15) is 0 Å². The standard InChI is InChI=1S/C15H26N2/c1-6-13(4)17(7-2)15-9-8-12(3)10-14(15)11-16-5/h8-10,13,16H,6-7,11H2,1-5H3. The Kier molecular flexibility index (Phi) is 5.49. The van der Waals surface area contributed by atoms with E-state index in [1.807, 2.05) is 7.05 Å². The largest absolute Gasteiger partial charge is 0.369 e. The van der Waals surface area contributed by atoms with Crippen molar-refractivity contribution in [3.05, 3.63) is 29.3 Å². The highest BCUT2D eigenvalue weighted by Gasteiger charge is 2.14. The first-order valence-corrected chi connectivity index (χ1v) is 6.64. The lowest BCUT2D eigenvalue weighted by Gasteiger charge is -2.31. The second kappa shape index (κ2) is 6.65. The first-order valence-electron chi connectivity index (χ1n) is 6.64. The maximum absolute atomic E-state index is 3.26. The smallest absolute Gasteiger partial charge is 0.0414 e. The highest BCUT2D eigenvalue weighted by atomic mass is 15.2. The minimum Gasteiger partial charge on any atom is -0.369 e. The molecule has 0 aliphatic rings. The average Bonchev–Trinajstić information content (AvgIpc) is 2.32. The molecule has 0 aromatic heterocycles. The molecule has 1 aromatic rings. The van der Waals surface area contributed by atoms with Gasteiger partial charge < -0.3 is 10.2 Å². The van der Waals surface area contributed by atoms with Gasteiger partial charge >= 0.3 is 0 Å². The fourth-order valence-corrected chi connectivity index (χ4v) is 2.27. The fraction of sp³-hybridized carbons (Fsp3) is 0.600. The molecule has 2 heteroatoms. The van der Waals surface area contributed by atoms with E-state index in [9.17, 15) is 0 Å². The third-order valence-electron chi connectivity index (χ3n) is 3.38. The van der Waals surface area contributed by atoms with E-state index in [0.29, 0.717) is 6.04 Å². The molecule has 0 fully saturated rings. The van der Waals surface area contributed by atoms with E-state index in [2.05, 4.69) is 56.1 Å². The van der Waals surface area contributed by atoms with Crippen LogP contribution in [-0.4, -0.2) is 19.6 Å². The van der Waals surface area contributed by atoms with E-state index in [-0.39, 0.29) is 0 Å². The summed E-state index contributed by atoms with van der Waals surface area (Å²) in [5, 5.41) is 3.26. The molecule has 0 aliphatic heterocycles. The Hall–Kier alpha value is -1.02. The summed E-state index contributed by atoms with van der Waals surface area (Å²) in [4.78, 5) is 2.49. The minimum absolute atomic E-state index is 0.596. The number of aryl methyl sites for hydroxylation is 1. The van der Waals surface area contributed by atoms with Crippen molar-refractivity contribution in [2.75, 3.05) is 18.5 Å². The van der Waals surface area contributed by atoms with E-state index in [0.717, 1.165) is 13.1 Å². The van der Waals surface area contributed by atoms with Crippen molar-refractivity contribution in [2.24, 2.45) is 0 Å². The highest BCUT2D eigenvalue weighted by Crippen LogP contribution is 2.24. The molecule has 1 rings (SSSR count). The molecule has 0 radical (unpaired) electrons. The third kappa shape index (κ3) is 3.47. The average molecular weight is 234 g/mol. The van der Waals surface area contributed by atoms with Crippen LogP contribution in [0.3, 0.4) is 0 Å². The van der Waals surface area contributed by atoms with E-state index in [1.54, 1.807) is 0 Å². The number of hydrogen-bond donors (Lipinski definition) is 1. The third-order valence-corrected chi connectivity index (χ3v) is 3.38. The van der Waals surface area contributed by atoms with Crippen molar-refractivity contribution in [3.8, 4) is 0 Å². The zero-order chi connectivity index (χ0) is 12.8. The van der Waals surface area contributed by atoms with Crippen LogP contribution in [0.2, 0.25) is 0 Å². The van der Waals surface area contributed by atoms with Crippen molar-refractivity contribution >= 4 is 5.69 Å². The molecule has 0 bridgehead atoms. The molecule has 17 heavy (non-hydrogen) atoms. The topological polar surface area (TPSA) is 15.3 Å². The molecule has 0 spiro atoms. The van der Waals surface area contributed by atoms with Crippen LogP contribution in [0.4, 0.5) is 5.69 Å². The number of rotatable bonds is 6. The molecule has 2 nitrogen and oxygen atoms in total. The van der Waals surface area contributed by atoms with Gasteiger partial charge in [0.25, 0.3) is 0 Å². The van der Waals surface area contributed by atoms with Crippen LogP contribution < -0.4 is 10.2 Å². The van der Waals surface area contributed by atoms with Gasteiger partial charge in [-0.25, -0.2) is 0 Å². The zero-order valence-electron chi connectivity index (χ0n) is 11.9. The molecule has 0 heterocycles. The minimum atomic E-state index is 0.596. The number of hydrogen-bond acceptors (Lipinski definition) is 2. The second-order valence-corrected chi connectivity index (χ2v) is 4.71. The summed E-state index contributed by atoms with van der Waals surface area (Å²) in [5.41, 5.74) is 4.11. The highest BCUT2D eigenvalue weighted by molar-refractivity contribution is 5.55. The van der Waals surface area contributed by atoms with Crippen LogP contribution in [0.15, 0.2) is 18.2 Å². The quantitative estimate of drug-likeness (QED) is 0.812. The molecule has 0 aliphatic carbocycles. The van der Waals surface area contributed by atoms with Crippen LogP contribution in [-0.2, 0) is 6.54 Å². The molecular formula is C15H26N2. The molecule has 0 saturated heterocycles. The number of benzene rings is 1. The summed E-state index contributed by atoms with van der Waals surface area (Å²) in [6, 6.07) is 7.35. The van der Waals surface area contributed by atoms with Crippen LogP contribution in [0.25, 0.3) is 0 Å². The monoisotopic (exact) mass is 234 g/mol. The van der Waals surface area contributed by atoms with Gasteiger partial charge in [-0.15, -0.1) is 0 Å². The van der Waals surface area contributed by atoms with E-state index < -0.39 is 0 Å². The maximum Gasteiger partial charge on any atom is 0.0414 e. The van der Waals surface area contributed by atoms with E-state index in [4.69, 9.17) is 0 Å². The molecule has 1 atom stereocenters. The maximum atomic E-state index is 3.26. The summed E-state index contributed by atoms with van der Waals surface area (Å²) >= 11 is 0. The van der Waals surface area contributed by atoms with Crippen molar-refractivity contribution in [3.63, 3.8) is 0 Å². The van der Waals surface area contributed by atoms with Crippen molar-refractivity contribution in [1.82, 2.24) is 5.32 Å². The molecule has 0 saturated carbocycles. The molecule has 1 N–H and O–H groups in total. The van der Waals surface area contributed by atoms with Gasteiger partial charge in [0.15, 0.2) is 0 Å². The molecule has 1 aromatic carbocycles. The summed E-state index contributed by atoms with van der Waals surface area (Å²) in [5.74, 6) is 0. The van der Waals surface area contributed by atoms with Crippen LogP contribution in [0.1, 0.15) is 38.3 Å². The van der Waals surface area contributed by atoms with Crippen molar-refractivity contribution in [1.29, 1.82) is 0 Å². The summed E-state index contributed by atoms with van der Waals surface area (Å²) in [6.45, 7) is 10.9. The predicted molar refractivity (Wildman–Crippen MR) is 76.7 cm³/mol. The molecule has 0 amide bonds. The zero-order valence-corrected chi connectivity index (χ0v) is 11.9. The summed E-state index contributed by atoms with van der Waals surface area (Å²) in [7, 11) is 2.01. The summed E-state index contributed by atoms with van der Waals surface area (Å²) in [6.07, 6.45) is 1.18. The van der Waals surface area contributed by atoms with Gasteiger partial charge in [-0.1, -0.05) is 24.6 Å². The summed E-state index contributed by atoms with van der Waals surface area (Å²) < 4.78 is 0. The SMILES string of the molecule is CCC(C)N(CC)c1ccc(C)cc1CNC. The Morgan fingerprint density at radius 1 is 1.29 bits per heavy atom. The lowest BCUT2D eigenvalue weighted by atomic mass is 10.1. The lowest BCUT2D eigenvalue weighted by Crippen LogP contribution is -2.33. The van der Waals surface area contributed by atoms with Gasteiger partial charge in [-0.3, -0.25) is 0 Å². The van der Waals surface area contributed by atoms with Gasteiger partial charge in [0.1, 0.15) is 0 Å². The Labute approximate surface area is 106 Å². The number of anilines is 1. The van der Waals surface area contributed by atoms with E-state index >= 15 is 0 Å². The van der Waals surface area contributed by atoms with Gasteiger partial charge in [0.05, 0.1) is 0 Å². The van der Waals surface area contributed by atoms with Gasteiger partial charge in [-0.05, 0) is 45.9 Å². The first-order chi connectivity index (χ1) is 8.13. The first kappa shape index (κ1) is 14.0. The number of nitrogens with zero attached hydrogens (tertiary/aromatic N) is 1. The normalized spacial score (nSPS) is 12.5. The van der Waals surface area contributed by atoms with Crippen molar-refractivity contribution < 1.29 is 0 Å². The Morgan fingerprint density at radius 2 is 2.00 bits per heavy atom. The fourth-order valence-electron chi connectivity index (χ4n) is 2.27. The van der Waals surface area contributed by atoms with E-state index in [1.165, 1.54) is 23.2 Å². The Bertz CT molecular complexity index is 347. The second-order valence-electron chi connectivity index (χ2n) is 4.71.